The molecule has 0 radical (unpaired) electrons. The first-order valence-electron chi connectivity index (χ1n) is 3.43. The zero-order valence-electron chi connectivity index (χ0n) is 6.86. The molecule has 4 nitrogen and oxygen atoms in total. The first-order valence-corrected chi connectivity index (χ1v) is 3.43. The highest BCUT2D eigenvalue weighted by Gasteiger charge is 2.16. The Morgan fingerprint density at radius 1 is 1.36 bits per heavy atom. The maximum absolute atomic E-state index is 9.05. The Labute approximate surface area is 66.4 Å². The lowest BCUT2D eigenvalue weighted by molar-refractivity contribution is -0.0824. The lowest BCUT2D eigenvalue weighted by Crippen LogP contribution is -2.41. The van der Waals surface area contributed by atoms with Gasteiger partial charge in [-0.3, -0.25) is 0 Å². The molecule has 0 aromatic rings. The van der Waals surface area contributed by atoms with Crippen molar-refractivity contribution in [1.29, 1.82) is 0 Å². The van der Waals surface area contributed by atoms with Crippen LogP contribution in [-0.4, -0.2) is 39.2 Å². The van der Waals surface area contributed by atoms with Crippen LogP contribution in [0.3, 0.4) is 0 Å². The Hall–Kier alpha value is -0.580. The van der Waals surface area contributed by atoms with Crippen LogP contribution in [0.4, 0.5) is 0 Å². The average molecular weight is 161 g/mol. The van der Waals surface area contributed by atoms with Crippen molar-refractivity contribution in [3.05, 3.63) is 12.3 Å². The Kier molecular flexibility index (Phi) is 4.10. The van der Waals surface area contributed by atoms with Crippen LogP contribution in [0.15, 0.2) is 12.3 Å². The van der Waals surface area contributed by atoms with Gasteiger partial charge >= 0.3 is 0 Å². The predicted octanol–water partition coefficient (Wildman–Crippen LogP) is 0.0367. The van der Waals surface area contributed by atoms with Gasteiger partial charge in [0.2, 0.25) is 0 Å². The molecule has 0 bridgehead atoms. The van der Waals surface area contributed by atoms with E-state index in [1.807, 2.05) is 0 Å². The maximum atomic E-state index is 9.05. The topological polar surface area (TPSA) is 63.9 Å². The third-order valence-corrected chi connectivity index (χ3v) is 1.33. The molecule has 0 saturated carbocycles. The van der Waals surface area contributed by atoms with E-state index in [1.54, 1.807) is 0 Å². The van der Waals surface area contributed by atoms with Gasteiger partial charge in [-0.2, -0.15) is 0 Å². The summed E-state index contributed by atoms with van der Waals surface area (Å²) in [5.74, 6) is -0.0770. The van der Waals surface area contributed by atoms with E-state index < -0.39 is 12.5 Å². The van der Waals surface area contributed by atoms with Crippen molar-refractivity contribution in [1.82, 2.24) is 4.90 Å². The summed E-state index contributed by atoms with van der Waals surface area (Å²) in [7, 11) is 0. The summed E-state index contributed by atoms with van der Waals surface area (Å²) in [5, 5.41) is 26.9. The van der Waals surface area contributed by atoms with Gasteiger partial charge in [0.05, 0.1) is 12.3 Å². The van der Waals surface area contributed by atoms with Crippen LogP contribution < -0.4 is 0 Å². The van der Waals surface area contributed by atoms with Crippen molar-refractivity contribution in [3.8, 4) is 0 Å². The minimum atomic E-state index is -0.793. The summed E-state index contributed by atoms with van der Waals surface area (Å²) in [6, 6.07) is 0. The number of nitrogens with zero attached hydrogens (tertiary/aromatic N) is 1. The Morgan fingerprint density at radius 2 is 1.73 bits per heavy atom. The molecule has 3 N–H and O–H groups in total. The fraction of sp³-hybridized carbons (Fsp3) is 0.714. The van der Waals surface area contributed by atoms with Crippen molar-refractivity contribution in [3.63, 3.8) is 0 Å². The number of aliphatic hydroxyl groups excluding tert-OH is 3. The van der Waals surface area contributed by atoms with Crippen molar-refractivity contribution >= 4 is 0 Å². The van der Waals surface area contributed by atoms with Gasteiger partial charge < -0.3 is 15.3 Å². The van der Waals surface area contributed by atoms with Crippen molar-refractivity contribution in [2.75, 3.05) is 6.54 Å². The van der Waals surface area contributed by atoms with Gasteiger partial charge in [0.1, 0.15) is 12.5 Å². The van der Waals surface area contributed by atoms with Gasteiger partial charge in [0, 0.05) is 0 Å². The van der Waals surface area contributed by atoms with Gasteiger partial charge in [-0.05, 0) is 13.8 Å². The fourth-order valence-corrected chi connectivity index (χ4v) is 0.787. The highest BCUT2D eigenvalue weighted by molar-refractivity contribution is 4.84. The van der Waals surface area contributed by atoms with Crippen LogP contribution in [-0.2, 0) is 0 Å². The quantitative estimate of drug-likeness (QED) is 0.402. The predicted molar refractivity (Wildman–Crippen MR) is 41.8 cm³/mol. The van der Waals surface area contributed by atoms with Crippen LogP contribution in [0, 0.1) is 0 Å². The Bertz CT molecular complexity index is 126. The molecule has 0 heterocycles. The molecular formula is C7H15NO3. The van der Waals surface area contributed by atoms with Gasteiger partial charge in [0.15, 0.2) is 0 Å². The zero-order valence-corrected chi connectivity index (χ0v) is 6.86. The molecule has 0 saturated heterocycles. The molecule has 0 rings (SSSR count). The van der Waals surface area contributed by atoms with E-state index in [-0.39, 0.29) is 12.3 Å². The van der Waals surface area contributed by atoms with Crippen molar-refractivity contribution < 1.29 is 15.3 Å². The second kappa shape index (κ2) is 4.33. The molecule has 0 aromatic carbocycles. The van der Waals surface area contributed by atoms with Crippen LogP contribution in [0.1, 0.15) is 13.8 Å². The lowest BCUT2D eigenvalue weighted by atomic mass is 10.4. The van der Waals surface area contributed by atoms with E-state index in [0.717, 1.165) is 0 Å². The minimum Gasteiger partial charge on any atom is -0.512 e. The van der Waals surface area contributed by atoms with E-state index in [0.29, 0.717) is 0 Å². The minimum absolute atomic E-state index is 0.0770. The third kappa shape index (κ3) is 3.98. The lowest BCUT2D eigenvalue weighted by Gasteiger charge is -2.27. The molecule has 0 amide bonds. The summed E-state index contributed by atoms with van der Waals surface area (Å²) in [4.78, 5) is 1.29. The van der Waals surface area contributed by atoms with E-state index in [4.69, 9.17) is 15.3 Å². The molecule has 0 spiro atoms. The van der Waals surface area contributed by atoms with Crippen molar-refractivity contribution in [2.24, 2.45) is 0 Å². The molecule has 0 aliphatic heterocycles. The van der Waals surface area contributed by atoms with Crippen LogP contribution in [0.25, 0.3) is 0 Å². The van der Waals surface area contributed by atoms with Crippen molar-refractivity contribution in [2.45, 2.75) is 26.3 Å². The highest BCUT2D eigenvalue weighted by atomic mass is 16.3. The van der Waals surface area contributed by atoms with E-state index in [2.05, 4.69) is 6.58 Å². The number of rotatable bonds is 4. The molecule has 0 aromatic heterocycles. The summed E-state index contributed by atoms with van der Waals surface area (Å²) in [6.07, 6.45) is -1.59. The maximum Gasteiger partial charge on any atom is 0.106 e. The van der Waals surface area contributed by atoms with Crippen LogP contribution >= 0.6 is 0 Å². The van der Waals surface area contributed by atoms with Crippen LogP contribution in [0.5, 0.6) is 0 Å². The number of hydrogen-bond donors (Lipinski definition) is 3. The smallest absolute Gasteiger partial charge is 0.106 e. The highest BCUT2D eigenvalue weighted by Crippen LogP contribution is 2.02. The van der Waals surface area contributed by atoms with E-state index in [1.165, 1.54) is 18.7 Å². The first kappa shape index (κ1) is 10.4. The molecule has 66 valence electrons. The fourth-order valence-electron chi connectivity index (χ4n) is 0.787. The molecule has 0 fully saturated rings. The molecule has 11 heavy (non-hydrogen) atoms. The van der Waals surface area contributed by atoms with Gasteiger partial charge in [0.25, 0.3) is 0 Å². The van der Waals surface area contributed by atoms with E-state index >= 15 is 0 Å². The van der Waals surface area contributed by atoms with Gasteiger partial charge in [-0.15, -0.1) is 0 Å². The molecule has 4 heteroatoms. The molecule has 2 atom stereocenters. The second-order valence-electron chi connectivity index (χ2n) is 2.50. The SMILES string of the molecule is C=C(O)CN(C(C)O)C(C)O. The normalized spacial score (nSPS) is 16.5. The molecule has 2 unspecified atom stereocenters. The Morgan fingerprint density at radius 3 is 1.82 bits per heavy atom. The van der Waals surface area contributed by atoms with Gasteiger partial charge in [-0.1, -0.05) is 6.58 Å². The average Bonchev–Trinajstić information content (AvgIpc) is 1.81. The zero-order chi connectivity index (χ0) is 9.02. The molecular weight excluding hydrogens is 146 g/mol. The standard InChI is InChI=1S/C7H15NO3/c1-5(9)4-8(6(2)10)7(3)11/h6-7,9-11H,1,4H2,2-3H3. The van der Waals surface area contributed by atoms with E-state index in [9.17, 15) is 0 Å². The molecule has 0 aliphatic rings. The van der Waals surface area contributed by atoms with Gasteiger partial charge in [-0.25, -0.2) is 4.90 Å². The number of aliphatic hydroxyl groups is 3. The first-order chi connectivity index (χ1) is 4.95. The second-order valence-corrected chi connectivity index (χ2v) is 2.50. The largest absolute Gasteiger partial charge is 0.512 e. The molecule has 0 aliphatic carbocycles. The summed E-state index contributed by atoms with van der Waals surface area (Å²) >= 11 is 0. The van der Waals surface area contributed by atoms with Crippen LogP contribution in [0.2, 0.25) is 0 Å². The number of hydrogen-bond acceptors (Lipinski definition) is 4. The summed E-state index contributed by atoms with van der Waals surface area (Å²) in [6.45, 7) is 6.35. The Balaban J connectivity index is 4.00. The summed E-state index contributed by atoms with van der Waals surface area (Å²) < 4.78 is 0. The summed E-state index contributed by atoms with van der Waals surface area (Å²) in [5.41, 5.74) is 0. The monoisotopic (exact) mass is 161 g/mol. The third-order valence-electron chi connectivity index (χ3n) is 1.33.